The van der Waals surface area contributed by atoms with E-state index in [2.05, 4.69) is 21.8 Å². The summed E-state index contributed by atoms with van der Waals surface area (Å²) >= 11 is 1.59. The Balaban J connectivity index is 0.00000147. The van der Waals surface area contributed by atoms with Crippen LogP contribution in [-0.2, 0) is 0 Å². The van der Waals surface area contributed by atoms with E-state index in [9.17, 15) is 4.39 Å². The first kappa shape index (κ1) is 15.4. The summed E-state index contributed by atoms with van der Waals surface area (Å²) in [5, 5.41) is 2.93. The van der Waals surface area contributed by atoms with Gasteiger partial charge in [-0.1, -0.05) is 12.1 Å². The van der Waals surface area contributed by atoms with Crippen LogP contribution in [0.2, 0.25) is 0 Å². The number of rotatable bonds is 2. The Hall–Kier alpha value is -0.980. The second-order valence-electron chi connectivity index (χ2n) is 4.79. The highest BCUT2D eigenvalue weighted by atomic mass is 79.9. The standard InChI is InChI=1S/C14H16FN3S.BrH/c1-17-6-8-18(9-7-17)14-16-13(10-19-14)11-4-2-3-5-12(11)15;/h2-5,10H,6-9H2,1H3;1H. The molecule has 1 aliphatic rings. The van der Waals surface area contributed by atoms with Crippen LogP contribution < -0.4 is 4.90 Å². The maximum Gasteiger partial charge on any atom is 0.185 e. The lowest BCUT2D eigenvalue weighted by Crippen LogP contribution is -2.44. The minimum Gasteiger partial charge on any atom is -0.346 e. The Labute approximate surface area is 132 Å². The summed E-state index contributed by atoms with van der Waals surface area (Å²) in [6.07, 6.45) is 0. The minimum atomic E-state index is -0.210. The summed E-state index contributed by atoms with van der Waals surface area (Å²) in [6.45, 7) is 4.07. The van der Waals surface area contributed by atoms with Crippen molar-refractivity contribution in [2.75, 3.05) is 38.1 Å². The maximum absolute atomic E-state index is 13.7. The monoisotopic (exact) mass is 357 g/mol. The fourth-order valence-corrected chi connectivity index (χ4v) is 3.08. The van der Waals surface area contributed by atoms with Crippen LogP contribution >= 0.6 is 28.3 Å². The zero-order valence-corrected chi connectivity index (χ0v) is 13.8. The number of hydrogen-bond acceptors (Lipinski definition) is 4. The minimum absolute atomic E-state index is 0. The number of nitrogens with zero attached hydrogens (tertiary/aromatic N) is 3. The van der Waals surface area contributed by atoms with E-state index in [1.165, 1.54) is 6.07 Å². The average Bonchev–Trinajstić information content (AvgIpc) is 2.89. The molecule has 0 saturated carbocycles. The van der Waals surface area contributed by atoms with Gasteiger partial charge in [0.2, 0.25) is 0 Å². The van der Waals surface area contributed by atoms with E-state index in [0.29, 0.717) is 5.56 Å². The highest BCUT2D eigenvalue weighted by Crippen LogP contribution is 2.29. The van der Waals surface area contributed by atoms with Crippen molar-refractivity contribution in [2.45, 2.75) is 0 Å². The van der Waals surface area contributed by atoms with Crippen LogP contribution in [0.4, 0.5) is 9.52 Å². The molecule has 3 nitrogen and oxygen atoms in total. The first-order valence-electron chi connectivity index (χ1n) is 6.38. The van der Waals surface area contributed by atoms with E-state index in [4.69, 9.17) is 0 Å². The van der Waals surface area contributed by atoms with Gasteiger partial charge in [0.1, 0.15) is 5.82 Å². The first-order chi connectivity index (χ1) is 9.24. The number of benzene rings is 1. The Kier molecular flexibility index (Phi) is 5.12. The molecule has 2 heterocycles. The fourth-order valence-electron chi connectivity index (χ4n) is 2.20. The molecule has 6 heteroatoms. The summed E-state index contributed by atoms with van der Waals surface area (Å²) < 4.78 is 13.7. The number of thiazole rings is 1. The predicted molar refractivity (Wildman–Crippen MR) is 87.5 cm³/mol. The van der Waals surface area contributed by atoms with Crippen LogP contribution in [-0.4, -0.2) is 43.1 Å². The van der Waals surface area contributed by atoms with Gasteiger partial charge in [0, 0.05) is 37.1 Å². The van der Waals surface area contributed by atoms with E-state index >= 15 is 0 Å². The topological polar surface area (TPSA) is 19.4 Å². The number of likely N-dealkylation sites (N-methyl/N-ethyl adjacent to an activating group) is 1. The van der Waals surface area contributed by atoms with Crippen molar-refractivity contribution < 1.29 is 4.39 Å². The molecular formula is C14H17BrFN3S. The van der Waals surface area contributed by atoms with Gasteiger partial charge in [0.15, 0.2) is 5.13 Å². The van der Waals surface area contributed by atoms with E-state index in [0.717, 1.165) is 37.0 Å². The molecule has 0 bridgehead atoms. The van der Waals surface area contributed by atoms with E-state index in [-0.39, 0.29) is 22.8 Å². The fraction of sp³-hybridized carbons (Fsp3) is 0.357. The third kappa shape index (κ3) is 3.19. The molecule has 0 radical (unpaired) electrons. The Morgan fingerprint density at radius 1 is 1.15 bits per heavy atom. The molecule has 3 rings (SSSR count). The average molecular weight is 358 g/mol. The number of piperazine rings is 1. The molecule has 1 fully saturated rings. The quantitative estimate of drug-likeness (QED) is 0.822. The second-order valence-corrected chi connectivity index (χ2v) is 5.62. The van der Waals surface area contributed by atoms with Gasteiger partial charge in [-0.25, -0.2) is 9.37 Å². The molecule has 20 heavy (non-hydrogen) atoms. The van der Waals surface area contributed by atoms with Gasteiger partial charge in [0.05, 0.1) is 5.69 Å². The molecule has 1 aromatic heterocycles. The van der Waals surface area contributed by atoms with Crippen molar-refractivity contribution in [1.82, 2.24) is 9.88 Å². The molecule has 0 atom stereocenters. The summed E-state index contributed by atoms with van der Waals surface area (Å²) in [6, 6.07) is 6.79. The van der Waals surface area contributed by atoms with Gasteiger partial charge in [-0.15, -0.1) is 28.3 Å². The number of aromatic nitrogens is 1. The van der Waals surface area contributed by atoms with Crippen molar-refractivity contribution in [2.24, 2.45) is 0 Å². The summed E-state index contributed by atoms with van der Waals surface area (Å²) in [7, 11) is 2.13. The predicted octanol–water partition coefficient (Wildman–Crippen LogP) is 3.28. The lowest BCUT2D eigenvalue weighted by molar-refractivity contribution is 0.313. The molecule has 2 aromatic rings. The van der Waals surface area contributed by atoms with E-state index in [1.807, 2.05) is 11.4 Å². The number of halogens is 2. The molecule has 0 unspecified atom stereocenters. The highest BCUT2D eigenvalue weighted by molar-refractivity contribution is 8.93. The van der Waals surface area contributed by atoms with Gasteiger partial charge in [-0.2, -0.15) is 0 Å². The molecule has 0 N–H and O–H groups in total. The van der Waals surface area contributed by atoms with Crippen LogP contribution in [0.3, 0.4) is 0 Å². The van der Waals surface area contributed by atoms with Crippen molar-refractivity contribution in [3.8, 4) is 11.3 Å². The van der Waals surface area contributed by atoms with Crippen molar-refractivity contribution in [3.05, 3.63) is 35.5 Å². The first-order valence-corrected chi connectivity index (χ1v) is 7.26. The zero-order chi connectivity index (χ0) is 13.2. The van der Waals surface area contributed by atoms with Crippen LogP contribution in [0.15, 0.2) is 29.6 Å². The SMILES string of the molecule is Br.CN1CCN(c2nc(-c3ccccc3F)cs2)CC1. The normalized spacial score (nSPS) is 16.0. The lowest BCUT2D eigenvalue weighted by atomic mass is 10.2. The molecule has 108 valence electrons. The second kappa shape index (κ2) is 6.65. The Morgan fingerprint density at radius 2 is 1.85 bits per heavy atom. The highest BCUT2D eigenvalue weighted by Gasteiger charge is 2.18. The van der Waals surface area contributed by atoms with Crippen LogP contribution in [0.5, 0.6) is 0 Å². The van der Waals surface area contributed by atoms with Gasteiger partial charge >= 0.3 is 0 Å². The summed E-state index contributed by atoms with van der Waals surface area (Å²) in [5.74, 6) is -0.210. The van der Waals surface area contributed by atoms with Crippen molar-refractivity contribution in [3.63, 3.8) is 0 Å². The molecular weight excluding hydrogens is 341 g/mol. The molecule has 0 aliphatic carbocycles. The van der Waals surface area contributed by atoms with Crippen LogP contribution in [0.1, 0.15) is 0 Å². The molecule has 1 saturated heterocycles. The molecule has 0 amide bonds. The molecule has 0 spiro atoms. The maximum atomic E-state index is 13.7. The smallest absolute Gasteiger partial charge is 0.185 e. The Bertz CT molecular complexity index is 567. The van der Waals surface area contributed by atoms with E-state index < -0.39 is 0 Å². The summed E-state index contributed by atoms with van der Waals surface area (Å²) in [4.78, 5) is 9.16. The van der Waals surface area contributed by atoms with Crippen LogP contribution in [0.25, 0.3) is 11.3 Å². The van der Waals surface area contributed by atoms with Gasteiger partial charge in [0.25, 0.3) is 0 Å². The van der Waals surface area contributed by atoms with Crippen LogP contribution in [0, 0.1) is 5.82 Å². The van der Waals surface area contributed by atoms with Crippen molar-refractivity contribution in [1.29, 1.82) is 0 Å². The van der Waals surface area contributed by atoms with Gasteiger partial charge in [-0.3, -0.25) is 0 Å². The van der Waals surface area contributed by atoms with Gasteiger partial charge < -0.3 is 9.80 Å². The largest absolute Gasteiger partial charge is 0.346 e. The Morgan fingerprint density at radius 3 is 2.55 bits per heavy atom. The van der Waals surface area contributed by atoms with Gasteiger partial charge in [-0.05, 0) is 19.2 Å². The molecule has 1 aromatic carbocycles. The molecule has 1 aliphatic heterocycles. The van der Waals surface area contributed by atoms with Crippen molar-refractivity contribution >= 4 is 33.4 Å². The number of hydrogen-bond donors (Lipinski definition) is 0. The summed E-state index contributed by atoms with van der Waals surface area (Å²) in [5.41, 5.74) is 1.32. The zero-order valence-electron chi connectivity index (χ0n) is 11.3. The van der Waals surface area contributed by atoms with E-state index in [1.54, 1.807) is 23.5 Å². The third-order valence-corrected chi connectivity index (χ3v) is 4.32. The third-order valence-electron chi connectivity index (χ3n) is 3.42. The number of anilines is 1. The lowest BCUT2D eigenvalue weighted by Gasteiger charge is -2.32.